The molecule has 0 atom stereocenters. The van der Waals surface area contributed by atoms with Gasteiger partial charge in [0.1, 0.15) is 10.8 Å². The van der Waals surface area contributed by atoms with Crippen molar-refractivity contribution >= 4 is 44.2 Å². The van der Waals surface area contributed by atoms with E-state index >= 15 is 0 Å². The molecule has 5 aromatic rings. The van der Waals surface area contributed by atoms with E-state index in [1.165, 1.54) is 10.4 Å². The fourth-order valence-corrected chi connectivity index (χ4v) is 6.12. The number of carbonyl (C=O) groups excluding carboxylic acids is 1. The Kier molecular flexibility index (Phi) is 5.14. The standard InChI is InChI=1S/C26H23N5O3S/c1-2-31-25(33)15-12-11-14(13-19(15)29-26(31)34)23(32)30-24-21(16-7-3-6-10-20(16)35-24)22-27-17-8-4-5-9-18(17)28-22/h4-5,8-9,11-13H,2-3,6-7,10H2,1H3,(H,27,28)(H,29,34)(H,30,32). The Morgan fingerprint density at radius 3 is 2.74 bits per heavy atom. The molecule has 0 unspecified atom stereocenters. The number of rotatable bonds is 4. The van der Waals surface area contributed by atoms with Crippen molar-refractivity contribution in [2.75, 3.05) is 5.32 Å². The third-order valence-corrected chi connectivity index (χ3v) is 7.79. The second-order valence-electron chi connectivity index (χ2n) is 8.71. The smallest absolute Gasteiger partial charge is 0.328 e. The van der Waals surface area contributed by atoms with E-state index < -0.39 is 5.69 Å². The van der Waals surface area contributed by atoms with Gasteiger partial charge >= 0.3 is 5.69 Å². The van der Waals surface area contributed by atoms with Crippen LogP contribution in [0.2, 0.25) is 0 Å². The number of hydrogen-bond acceptors (Lipinski definition) is 5. The minimum absolute atomic E-state index is 0.278. The molecule has 35 heavy (non-hydrogen) atoms. The molecule has 2 aromatic carbocycles. The number of hydrogen-bond donors (Lipinski definition) is 3. The normalized spacial score (nSPS) is 13.3. The van der Waals surface area contributed by atoms with Crippen LogP contribution >= 0.6 is 11.3 Å². The summed E-state index contributed by atoms with van der Waals surface area (Å²) < 4.78 is 1.14. The van der Waals surface area contributed by atoms with Gasteiger partial charge in [-0.1, -0.05) is 12.1 Å². The van der Waals surface area contributed by atoms with Gasteiger partial charge in [0.15, 0.2) is 0 Å². The highest BCUT2D eigenvalue weighted by molar-refractivity contribution is 7.17. The molecule has 0 radical (unpaired) electrons. The number of aromatic amines is 2. The molecule has 0 aliphatic heterocycles. The SMILES string of the molecule is CCn1c(=O)[nH]c2cc(C(=O)Nc3sc4c(c3-c3nc5ccccc5[nH]3)CCCC4)ccc2c1=O. The zero-order chi connectivity index (χ0) is 24.1. The van der Waals surface area contributed by atoms with Crippen molar-refractivity contribution in [3.63, 3.8) is 0 Å². The number of benzene rings is 2. The summed E-state index contributed by atoms with van der Waals surface area (Å²) in [6.07, 6.45) is 4.19. The van der Waals surface area contributed by atoms with Crippen LogP contribution in [0.4, 0.5) is 5.00 Å². The summed E-state index contributed by atoms with van der Waals surface area (Å²) in [4.78, 5) is 50.3. The quantitative estimate of drug-likeness (QED) is 0.349. The van der Waals surface area contributed by atoms with Gasteiger partial charge < -0.3 is 15.3 Å². The zero-order valence-corrected chi connectivity index (χ0v) is 19.9. The molecule has 0 saturated heterocycles. The Labute approximate surface area is 203 Å². The number of aryl methyl sites for hydroxylation is 1. The third-order valence-electron chi connectivity index (χ3n) is 6.58. The molecule has 0 fully saturated rings. The first-order chi connectivity index (χ1) is 17.0. The monoisotopic (exact) mass is 485 g/mol. The maximum atomic E-state index is 13.3. The number of amides is 1. The first-order valence-corrected chi connectivity index (χ1v) is 12.5. The van der Waals surface area contributed by atoms with Crippen molar-refractivity contribution < 1.29 is 4.79 Å². The number of nitrogens with one attached hydrogen (secondary N) is 3. The molecule has 0 bridgehead atoms. The van der Waals surface area contributed by atoms with Gasteiger partial charge in [-0.3, -0.25) is 14.2 Å². The molecule has 3 aromatic heterocycles. The summed E-state index contributed by atoms with van der Waals surface area (Å²) in [6.45, 7) is 2.02. The first-order valence-electron chi connectivity index (χ1n) is 11.7. The van der Waals surface area contributed by atoms with Gasteiger partial charge in [-0.2, -0.15) is 0 Å². The van der Waals surface area contributed by atoms with E-state index in [9.17, 15) is 14.4 Å². The van der Waals surface area contributed by atoms with Crippen LogP contribution in [0.1, 0.15) is 40.6 Å². The Bertz CT molecular complexity index is 1710. The summed E-state index contributed by atoms with van der Waals surface area (Å²) in [6, 6.07) is 12.6. The number of aromatic nitrogens is 4. The van der Waals surface area contributed by atoms with E-state index in [0.717, 1.165) is 57.7 Å². The van der Waals surface area contributed by atoms with Crippen molar-refractivity contribution in [2.24, 2.45) is 0 Å². The first kappa shape index (κ1) is 21.5. The summed E-state index contributed by atoms with van der Waals surface area (Å²) in [5, 5.41) is 4.22. The van der Waals surface area contributed by atoms with Crippen LogP contribution in [0.15, 0.2) is 52.1 Å². The van der Waals surface area contributed by atoms with Crippen LogP contribution in [-0.2, 0) is 19.4 Å². The highest BCUT2D eigenvalue weighted by Gasteiger charge is 2.25. The van der Waals surface area contributed by atoms with Crippen LogP contribution in [0.5, 0.6) is 0 Å². The number of imidazole rings is 1. The zero-order valence-electron chi connectivity index (χ0n) is 19.1. The molecule has 0 spiro atoms. The predicted molar refractivity (Wildman–Crippen MR) is 139 cm³/mol. The van der Waals surface area contributed by atoms with E-state index in [1.54, 1.807) is 36.5 Å². The molecule has 1 aliphatic rings. The lowest BCUT2D eigenvalue weighted by Gasteiger charge is -2.12. The Morgan fingerprint density at radius 1 is 1.09 bits per heavy atom. The Balaban J connectivity index is 1.41. The molecule has 1 aliphatic carbocycles. The van der Waals surface area contributed by atoms with Gasteiger partial charge in [0.25, 0.3) is 11.5 Å². The van der Waals surface area contributed by atoms with Crippen LogP contribution in [0.3, 0.4) is 0 Å². The molecule has 176 valence electrons. The molecule has 9 heteroatoms. The molecule has 6 rings (SSSR count). The van der Waals surface area contributed by atoms with E-state index in [4.69, 9.17) is 4.98 Å². The Hall–Kier alpha value is -3.98. The van der Waals surface area contributed by atoms with Gasteiger partial charge in [-0.15, -0.1) is 11.3 Å². The van der Waals surface area contributed by atoms with Crippen LogP contribution in [-0.4, -0.2) is 25.4 Å². The fourth-order valence-electron chi connectivity index (χ4n) is 4.83. The lowest BCUT2D eigenvalue weighted by molar-refractivity contribution is 0.102. The summed E-state index contributed by atoms with van der Waals surface area (Å²) in [5.74, 6) is 0.451. The van der Waals surface area contributed by atoms with Gasteiger partial charge in [-0.25, -0.2) is 9.78 Å². The summed E-state index contributed by atoms with van der Waals surface area (Å²) in [5.41, 5.74) is 3.90. The summed E-state index contributed by atoms with van der Waals surface area (Å²) in [7, 11) is 0. The lowest BCUT2D eigenvalue weighted by Crippen LogP contribution is -2.34. The number of para-hydroxylation sites is 2. The number of fused-ring (bicyclic) bond motifs is 3. The van der Waals surface area contributed by atoms with E-state index in [-0.39, 0.29) is 18.0 Å². The number of nitrogens with zero attached hydrogens (tertiary/aromatic N) is 2. The fraction of sp³-hybridized carbons (Fsp3) is 0.231. The van der Waals surface area contributed by atoms with Crippen molar-refractivity contribution in [2.45, 2.75) is 39.2 Å². The number of thiophene rings is 1. The van der Waals surface area contributed by atoms with Crippen molar-refractivity contribution in [3.8, 4) is 11.4 Å². The topological polar surface area (TPSA) is 113 Å². The molecule has 1 amide bonds. The molecular formula is C26H23N5O3S. The van der Waals surface area contributed by atoms with Crippen LogP contribution < -0.4 is 16.6 Å². The molecule has 3 N–H and O–H groups in total. The van der Waals surface area contributed by atoms with Crippen molar-refractivity contribution in [3.05, 3.63) is 79.3 Å². The highest BCUT2D eigenvalue weighted by Crippen LogP contribution is 2.43. The van der Waals surface area contributed by atoms with Crippen molar-refractivity contribution in [1.82, 2.24) is 19.5 Å². The summed E-state index contributed by atoms with van der Waals surface area (Å²) >= 11 is 1.60. The predicted octanol–water partition coefficient (Wildman–Crippen LogP) is 4.45. The average molecular weight is 486 g/mol. The number of carbonyl (C=O) groups is 1. The lowest BCUT2D eigenvalue weighted by atomic mass is 9.95. The Morgan fingerprint density at radius 2 is 1.91 bits per heavy atom. The molecule has 3 heterocycles. The largest absolute Gasteiger partial charge is 0.338 e. The highest BCUT2D eigenvalue weighted by atomic mass is 32.1. The van der Waals surface area contributed by atoms with Gasteiger partial charge in [0, 0.05) is 17.0 Å². The minimum Gasteiger partial charge on any atom is -0.338 e. The van der Waals surface area contributed by atoms with Gasteiger partial charge in [-0.05, 0) is 68.5 Å². The molecule has 8 nitrogen and oxygen atoms in total. The van der Waals surface area contributed by atoms with Crippen LogP contribution in [0.25, 0.3) is 33.3 Å². The second-order valence-corrected chi connectivity index (χ2v) is 9.82. The van der Waals surface area contributed by atoms with E-state index in [0.29, 0.717) is 16.5 Å². The van der Waals surface area contributed by atoms with Crippen molar-refractivity contribution in [1.29, 1.82) is 0 Å². The van der Waals surface area contributed by atoms with Gasteiger partial charge in [0.2, 0.25) is 0 Å². The third kappa shape index (κ3) is 3.59. The molecular weight excluding hydrogens is 462 g/mol. The average Bonchev–Trinajstić information content (AvgIpc) is 3.44. The minimum atomic E-state index is -0.485. The maximum Gasteiger partial charge on any atom is 0.328 e. The number of H-pyrrole nitrogens is 2. The van der Waals surface area contributed by atoms with Crippen LogP contribution in [0, 0.1) is 0 Å². The van der Waals surface area contributed by atoms with Gasteiger partial charge in [0.05, 0.1) is 27.5 Å². The number of anilines is 1. The maximum absolute atomic E-state index is 13.3. The van der Waals surface area contributed by atoms with E-state index in [1.807, 2.05) is 24.3 Å². The molecule has 0 saturated carbocycles. The second kappa shape index (κ2) is 8.35. The van der Waals surface area contributed by atoms with E-state index in [2.05, 4.69) is 15.3 Å².